The molecule has 0 aliphatic carbocycles. The molecule has 1 aliphatic rings. The van der Waals surface area contributed by atoms with Gasteiger partial charge < -0.3 is 10.6 Å². The molecular weight excluding hydrogens is 232 g/mol. The first-order valence-electron chi connectivity index (χ1n) is 6.47. The van der Waals surface area contributed by atoms with Gasteiger partial charge in [-0.3, -0.25) is 0 Å². The van der Waals surface area contributed by atoms with Gasteiger partial charge in [0.1, 0.15) is 0 Å². The fraction of sp³-hybridized carbons (Fsp3) is 0.571. The molecule has 1 aromatic rings. The second-order valence-corrected chi connectivity index (χ2v) is 5.25. The number of piperidine rings is 1. The molecule has 1 fully saturated rings. The highest BCUT2D eigenvalue weighted by Crippen LogP contribution is 2.28. The summed E-state index contributed by atoms with van der Waals surface area (Å²) in [5, 5.41) is 0.828. The second kappa shape index (κ2) is 6.39. The van der Waals surface area contributed by atoms with Crippen molar-refractivity contribution >= 4 is 11.6 Å². The molecule has 2 rings (SSSR count). The van der Waals surface area contributed by atoms with Crippen molar-refractivity contribution in [3.05, 3.63) is 34.9 Å². The highest BCUT2D eigenvalue weighted by Gasteiger charge is 2.19. The molecule has 0 unspecified atom stereocenters. The summed E-state index contributed by atoms with van der Waals surface area (Å²) >= 11 is 5.91. The number of benzene rings is 1. The van der Waals surface area contributed by atoms with Crippen LogP contribution >= 0.6 is 11.6 Å². The van der Waals surface area contributed by atoms with Crippen molar-refractivity contribution in [1.29, 1.82) is 0 Å². The van der Waals surface area contributed by atoms with E-state index in [2.05, 4.69) is 17.0 Å². The third-order valence-corrected chi connectivity index (χ3v) is 3.86. The topological polar surface area (TPSA) is 29.3 Å². The Hall–Kier alpha value is -0.570. The summed E-state index contributed by atoms with van der Waals surface area (Å²) in [5.41, 5.74) is 6.98. The zero-order valence-electron chi connectivity index (χ0n) is 10.2. The van der Waals surface area contributed by atoms with Gasteiger partial charge in [0, 0.05) is 5.02 Å². The van der Waals surface area contributed by atoms with Gasteiger partial charge in [-0.2, -0.15) is 0 Å². The zero-order chi connectivity index (χ0) is 12.1. The molecule has 1 aromatic carbocycles. The first-order valence-corrected chi connectivity index (χ1v) is 6.85. The van der Waals surface area contributed by atoms with Crippen molar-refractivity contribution in [2.75, 3.05) is 26.2 Å². The summed E-state index contributed by atoms with van der Waals surface area (Å²) < 4.78 is 0. The minimum atomic E-state index is 0.710. The first-order chi connectivity index (χ1) is 8.29. The van der Waals surface area contributed by atoms with E-state index in [0.29, 0.717) is 5.92 Å². The highest BCUT2D eigenvalue weighted by molar-refractivity contribution is 6.30. The normalized spacial score (nSPS) is 18.5. The molecule has 17 heavy (non-hydrogen) atoms. The third-order valence-electron chi connectivity index (χ3n) is 3.61. The highest BCUT2D eigenvalue weighted by atomic mass is 35.5. The minimum absolute atomic E-state index is 0.710. The van der Waals surface area contributed by atoms with Crippen molar-refractivity contribution in [2.24, 2.45) is 5.73 Å². The van der Waals surface area contributed by atoms with Crippen LogP contribution in [-0.4, -0.2) is 31.1 Å². The van der Waals surface area contributed by atoms with Crippen LogP contribution in [0, 0.1) is 0 Å². The molecule has 1 saturated heterocycles. The lowest BCUT2D eigenvalue weighted by atomic mass is 9.89. The maximum absolute atomic E-state index is 5.91. The molecule has 0 atom stereocenters. The molecule has 1 heterocycles. The molecular formula is C14H21ClN2. The maximum Gasteiger partial charge on any atom is 0.0406 e. The van der Waals surface area contributed by atoms with Gasteiger partial charge in [0.2, 0.25) is 0 Å². The van der Waals surface area contributed by atoms with Gasteiger partial charge in [-0.1, -0.05) is 23.7 Å². The van der Waals surface area contributed by atoms with E-state index >= 15 is 0 Å². The Labute approximate surface area is 109 Å². The van der Waals surface area contributed by atoms with Crippen molar-refractivity contribution in [2.45, 2.75) is 25.2 Å². The van der Waals surface area contributed by atoms with E-state index in [1.165, 1.54) is 31.5 Å². The van der Waals surface area contributed by atoms with Gasteiger partial charge in [-0.15, -0.1) is 0 Å². The van der Waals surface area contributed by atoms with E-state index in [-0.39, 0.29) is 0 Å². The molecule has 0 saturated carbocycles. The number of nitrogens with two attached hydrogens (primary N) is 1. The standard InChI is InChI=1S/C14H21ClN2/c15-14-4-2-12(3-5-14)13-6-10-17(11-7-13)9-1-8-16/h2-5,13H,1,6-11,16H2. The number of nitrogens with zero attached hydrogens (tertiary/aromatic N) is 1. The lowest BCUT2D eigenvalue weighted by Crippen LogP contribution is -2.34. The van der Waals surface area contributed by atoms with Crippen molar-refractivity contribution in [3.8, 4) is 0 Å². The molecule has 0 spiro atoms. The van der Waals surface area contributed by atoms with Crippen LogP contribution in [0.4, 0.5) is 0 Å². The number of hydrogen-bond donors (Lipinski definition) is 1. The average molecular weight is 253 g/mol. The quantitative estimate of drug-likeness (QED) is 0.893. The lowest BCUT2D eigenvalue weighted by molar-refractivity contribution is 0.211. The van der Waals surface area contributed by atoms with Crippen LogP contribution < -0.4 is 5.73 Å². The smallest absolute Gasteiger partial charge is 0.0406 e. The van der Waals surface area contributed by atoms with E-state index in [4.69, 9.17) is 17.3 Å². The molecule has 0 aromatic heterocycles. The van der Waals surface area contributed by atoms with Crippen LogP contribution in [0.25, 0.3) is 0 Å². The van der Waals surface area contributed by atoms with E-state index in [1.807, 2.05) is 12.1 Å². The zero-order valence-corrected chi connectivity index (χ0v) is 11.0. The SMILES string of the molecule is NCCCN1CCC(c2ccc(Cl)cc2)CC1. The van der Waals surface area contributed by atoms with Gasteiger partial charge in [0.25, 0.3) is 0 Å². The Bertz CT molecular complexity index is 329. The Morgan fingerprint density at radius 1 is 1.18 bits per heavy atom. The van der Waals surface area contributed by atoms with E-state index in [9.17, 15) is 0 Å². The number of rotatable bonds is 4. The molecule has 0 bridgehead atoms. The van der Waals surface area contributed by atoms with Gasteiger partial charge in [0.05, 0.1) is 0 Å². The van der Waals surface area contributed by atoms with Gasteiger partial charge in [-0.05, 0) is 69.1 Å². The molecule has 0 radical (unpaired) electrons. The van der Waals surface area contributed by atoms with E-state index < -0.39 is 0 Å². The molecule has 94 valence electrons. The fourth-order valence-corrected chi connectivity index (χ4v) is 2.67. The summed E-state index contributed by atoms with van der Waals surface area (Å²) in [4.78, 5) is 2.53. The average Bonchev–Trinajstić information content (AvgIpc) is 2.38. The largest absolute Gasteiger partial charge is 0.330 e. The van der Waals surface area contributed by atoms with Crippen LogP contribution in [0.15, 0.2) is 24.3 Å². The first kappa shape index (κ1) is 12.9. The predicted octanol–water partition coefficient (Wildman–Crippen LogP) is 2.87. The Balaban J connectivity index is 1.84. The van der Waals surface area contributed by atoms with Crippen LogP contribution in [0.5, 0.6) is 0 Å². The summed E-state index contributed by atoms with van der Waals surface area (Å²) in [7, 11) is 0. The summed E-state index contributed by atoms with van der Waals surface area (Å²) in [5.74, 6) is 0.710. The van der Waals surface area contributed by atoms with Crippen molar-refractivity contribution in [3.63, 3.8) is 0 Å². The Morgan fingerprint density at radius 2 is 1.82 bits per heavy atom. The van der Waals surface area contributed by atoms with Crippen LogP contribution in [-0.2, 0) is 0 Å². The summed E-state index contributed by atoms with van der Waals surface area (Å²) in [6.07, 6.45) is 3.63. The predicted molar refractivity (Wildman–Crippen MR) is 73.5 cm³/mol. The molecule has 3 heteroatoms. The number of halogens is 1. The monoisotopic (exact) mass is 252 g/mol. The van der Waals surface area contributed by atoms with Crippen LogP contribution in [0.1, 0.15) is 30.7 Å². The molecule has 2 N–H and O–H groups in total. The second-order valence-electron chi connectivity index (χ2n) is 4.81. The Morgan fingerprint density at radius 3 is 2.41 bits per heavy atom. The van der Waals surface area contributed by atoms with Crippen LogP contribution in [0.3, 0.4) is 0 Å². The number of hydrogen-bond acceptors (Lipinski definition) is 2. The molecule has 1 aliphatic heterocycles. The number of likely N-dealkylation sites (tertiary alicyclic amines) is 1. The molecule has 2 nitrogen and oxygen atoms in total. The van der Waals surface area contributed by atoms with Crippen molar-refractivity contribution < 1.29 is 0 Å². The summed E-state index contributed by atoms with van der Waals surface area (Å²) in [6.45, 7) is 4.36. The minimum Gasteiger partial charge on any atom is -0.330 e. The van der Waals surface area contributed by atoms with E-state index in [0.717, 1.165) is 24.5 Å². The van der Waals surface area contributed by atoms with Crippen molar-refractivity contribution in [1.82, 2.24) is 4.90 Å². The molecule has 0 amide bonds. The fourth-order valence-electron chi connectivity index (χ4n) is 2.54. The van der Waals surface area contributed by atoms with Gasteiger partial charge in [0.15, 0.2) is 0 Å². The third kappa shape index (κ3) is 3.70. The Kier molecular flexibility index (Phi) is 4.84. The lowest BCUT2D eigenvalue weighted by Gasteiger charge is -2.32. The van der Waals surface area contributed by atoms with Crippen LogP contribution in [0.2, 0.25) is 5.02 Å². The maximum atomic E-state index is 5.91. The summed E-state index contributed by atoms with van der Waals surface area (Å²) in [6, 6.07) is 8.33. The van der Waals surface area contributed by atoms with Gasteiger partial charge in [-0.25, -0.2) is 0 Å². The van der Waals surface area contributed by atoms with Gasteiger partial charge >= 0.3 is 0 Å². The van der Waals surface area contributed by atoms with E-state index in [1.54, 1.807) is 0 Å².